The van der Waals surface area contributed by atoms with Crippen LogP contribution in [0.5, 0.6) is 0 Å². The molecule has 0 aliphatic rings. The molecule has 0 heterocycles. The van der Waals surface area contributed by atoms with Crippen LogP contribution in [0.25, 0.3) is 0 Å². The number of hydrogen-bond acceptors (Lipinski definition) is 3. The van der Waals surface area contributed by atoms with Gasteiger partial charge < -0.3 is 4.90 Å². The van der Waals surface area contributed by atoms with Gasteiger partial charge in [-0.05, 0) is 74.5 Å². The first kappa shape index (κ1) is 22.2. The van der Waals surface area contributed by atoms with Gasteiger partial charge in [0.25, 0.3) is 0 Å². The molecule has 0 aromatic heterocycles. The number of sulfone groups is 1. The van der Waals surface area contributed by atoms with E-state index < -0.39 is 9.84 Å². The third kappa shape index (κ3) is 6.25. The summed E-state index contributed by atoms with van der Waals surface area (Å²) in [4.78, 5) is 2.59. The fourth-order valence-electron chi connectivity index (χ4n) is 3.07. The van der Waals surface area contributed by atoms with E-state index in [9.17, 15) is 8.42 Å². The smallest absolute Gasteiger partial charge is 0.189 e. The molecule has 3 aromatic rings. The van der Waals surface area contributed by atoms with Crippen LogP contribution in [0.3, 0.4) is 0 Å². The van der Waals surface area contributed by atoms with Gasteiger partial charge in [0.05, 0.1) is 4.90 Å². The molecule has 4 heteroatoms. The third-order valence-corrected chi connectivity index (χ3v) is 6.34. The van der Waals surface area contributed by atoms with E-state index in [2.05, 4.69) is 54.6 Å². The summed E-state index contributed by atoms with van der Waals surface area (Å²) in [5, 5.41) is 0. The highest BCUT2D eigenvalue weighted by atomic mass is 32.2. The maximum atomic E-state index is 12.3. The minimum atomic E-state index is -3.39. The standard InChI is InChI=1S/C27H25NO2S/c1-3-28(4-2)26-20-18-25(19-21-26)17-16-24-14-12-23(13-15-24)9-8-22-31(29,30)27-10-6-5-7-11-27/h5-7,10-15,18-21H,3-4,22H2,1-2H3. The van der Waals surface area contributed by atoms with E-state index in [0.29, 0.717) is 4.90 Å². The Kier molecular flexibility index (Phi) is 7.55. The quantitative estimate of drug-likeness (QED) is 0.551. The van der Waals surface area contributed by atoms with Crippen molar-refractivity contribution in [2.75, 3.05) is 23.7 Å². The van der Waals surface area contributed by atoms with Crippen LogP contribution in [-0.4, -0.2) is 27.3 Å². The Labute approximate surface area is 185 Å². The normalized spacial score (nSPS) is 10.4. The lowest BCUT2D eigenvalue weighted by Gasteiger charge is -2.20. The molecule has 3 nitrogen and oxygen atoms in total. The van der Waals surface area contributed by atoms with Crippen molar-refractivity contribution in [2.24, 2.45) is 0 Å². The highest BCUT2D eigenvalue weighted by Gasteiger charge is 2.11. The van der Waals surface area contributed by atoms with Gasteiger partial charge in [0.15, 0.2) is 9.84 Å². The van der Waals surface area contributed by atoms with E-state index in [4.69, 9.17) is 0 Å². The Morgan fingerprint density at radius 1 is 0.677 bits per heavy atom. The van der Waals surface area contributed by atoms with Crippen molar-refractivity contribution in [3.05, 3.63) is 95.6 Å². The predicted molar refractivity (Wildman–Crippen MR) is 128 cm³/mol. The van der Waals surface area contributed by atoms with Gasteiger partial charge in [-0.2, -0.15) is 0 Å². The summed E-state index contributed by atoms with van der Waals surface area (Å²) in [5.74, 6) is 11.8. The molecule has 0 spiro atoms. The SMILES string of the molecule is CCN(CC)c1ccc(C#Cc2ccc(C#CCS(=O)(=O)c3ccccc3)cc2)cc1. The molecular weight excluding hydrogens is 402 g/mol. The van der Waals surface area contributed by atoms with E-state index in [1.807, 2.05) is 36.4 Å². The molecular formula is C27H25NO2S. The zero-order chi connectivity index (χ0) is 22.1. The van der Waals surface area contributed by atoms with Gasteiger partial charge in [0.1, 0.15) is 5.75 Å². The predicted octanol–water partition coefficient (Wildman–Crippen LogP) is 4.76. The van der Waals surface area contributed by atoms with Crippen molar-refractivity contribution in [2.45, 2.75) is 18.7 Å². The van der Waals surface area contributed by atoms with E-state index >= 15 is 0 Å². The van der Waals surface area contributed by atoms with Crippen molar-refractivity contribution >= 4 is 15.5 Å². The number of rotatable bonds is 5. The molecule has 0 saturated carbocycles. The Morgan fingerprint density at radius 3 is 1.68 bits per heavy atom. The Morgan fingerprint density at radius 2 is 1.16 bits per heavy atom. The molecule has 156 valence electrons. The van der Waals surface area contributed by atoms with E-state index in [0.717, 1.165) is 29.8 Å². The second kappa shape index (κ2) is 10.5. The average Bonchev–Trinajstić information content (AvgIpc) is 2.81. The van der Waals surface area contributed by atoms with E-state index in [1.54, 1.807) is 30.3 Å². The van der Waals surface area contributed by atoms with Gasteiger partial charge in [-0.25, -0.2) is 8.42 Å². The summed E-state index contributed by atoms with van der Waals surface area (Å²) in [6.07, 6.45) is 0. The Balaban J connectivity index is 1.64. The lowest BCUT2D eigenvalue weighted by Crippen LogP contribution is -2.21. The minimum Gasteiger partial charge on any atom is -0.372 e. The molecule has 3 rings (SSSR count). The van der Waals surface area contributed by atoms with Gasteiger partial charge in [0, 0.05) is 35.5 Å². The molecule has 0 unspecified atom stereocenters. The van der Waals surface area contributed by atoms with Crippen LogP contribution in [0.4, 0.5) is 5.69 Å². The second-order valence-electron chi connectivity index (χ2n) is 6.92. The van der Waals surface area contributed by atoms with Crippen molar-refractivity contribution in [3.8, 4) is 23.7 Å². The molecule has 0 bridgehead atoms. The number of benzene rings is 3. The second-order valence-corrected chi connectivity index (χ2v) is 8.91. The van der Waals surface area contributed by atoms with Gasteiger partial charge in [0.2, 0.25) is 0 Å². The molecule has 0 saturated heterocycles. The molecule has 0 aliphatic carbocycles. The monoisotopic (exact) mass is 427 g/mol. The summed E-state index contributed by atoms with van der Waals surface area (Å²) in [7, 11) is -3.39. The van der Waals surface area contributed by atoms with Gasteiger partial charge in [-0.1, -0.05) is 41.9 Å². The van der Waals surface area contributed by atoms with Crippen molar-refractivity contribution < 1.29 is 8.42 Å². The fraction of sp³-hybridized carbons (Fsp3) is 0.185. The first-order valence-corrected chi connectivity index (χ1v) is 11.9. The topological polar surface area (TPSA) is 37.4 Å². The number of hydrogen-bond donors (Lipinski definition) is 0. The molecule has 0 N–H and O–H groups in total. The molecule has 31 heavy (non-hydrogen) atoms. The number of nitrogens with zero attached hydrogens (tertiary/aromatic N) is 1. The largest absolute Gasteiger partial charge is 0.372 e. The lowest BCUT2D eigenvalue weighted by atomic mass is 10.1. The maximum absolute atomic E-state index is 12.3. The zero-order valence-electron chi connectivity index (χ0n) is 17.8. The van der Waals surface area contributed by atoms with Gasteiger partial charge in [-0.3, -0.25) is 0 Å². The van der Waals surface area contributed by atoms with E-state index in [-0.39, 0.29) is 5.75 Å². The van der Waals surface area contributed by atoms with Gasteiger partial charge >= 0.3 is 0 Å². The van der Waals surface area contributed by atoms with E-state index in [1.165, 1.54) is 5.69 Å². The highest BCUT2D eigenvalue weighted by Crippen LogP contribution is 2.14. The van der Waals surface area contributed by atoms with Crippen LogP contribution in [0, 0.1) is 23.7 Å². The molecule has 0 amide bonds. The summed E-state index contributed by atoms with van der Waals surface area (Å²) >= 11 is 0. The molecule has 0 radical (unpaired) electrons. The maximum Gasteiger partial charge on any atom is 0.189 e. The molecule has 0 fully saturated rings. The first-order valence-electron chi connectivity index (χ1n) is 10.3. The fourth-order valence-corrected chi connectivity index (χ4v) is 4.07. The Hall–Kier alpha value is -3.47. The summed E-state index contributed by atoms with van der Waals surface area (Å²) in [6, 6.07) is 24.1. The van der Waals surface area contributed by atoms with Gasteiger partial charge in [-0.15, -0.1) is 0 Å². The zero-order valence-corrected chi connectivity index (χ0v) is 18.6. The lowest BCUT2D eigenvalue weighted by molar-refractivity contribution is 0.599. The van der Waals surface area contributed by atoms with Crippen LogP contribution < -0.4 is 4.90 Å². The first-order chi connectivity index (χ1) is 15.0. The summed E-state index contributed by atoms with van der Waals surface area (Å²) in [5.41, 5.74) is 3.81. The average molecular weight is 428 g/mol. The van der Waals surface area contributed by atoms with Crippen molar-refractivity contribution in [1.82, 2.24) is 0 Å². The summed E-state index contributed by atoms with van der Waals surface area (Å²) < 4.78 is 24.5. The number of anilines is 1. The summed E-state index contributed by atoms with van der Waals surface area (Å²) in [6.45, 7) is 6.25. The van der Waals surface area contributed by atoms with Crippen LogP contribution in [0.15, 0.2) is 83.8 Å². The van der Waals surface area contributed by atoms with Crippen LogP contribution in [-0.2, 0) is 9.84 Å². The highest BCUT2D eigenvalue weighted by molar-refractivity contribution is 7.91. The van der Waals surface area contributed by atoms with Crippen molar-refractivity contribution in [3.63, 3.8) is 0 Å². The molecule has 0 atom stereocenters. The minimum absolute atomic E-state index is 0.206. The third-order valence-electron chi connectivity index (χ3n) is 4.83. The van der Waals surface area contributed by atoms with Crippen LogP contribution >= 0.6 is 0 Å². The van der Waals surface area contributed by atoms with Crippen molar-refractivity contribution in [1.29, 1.82) is 0 Å². The molecule has 3 aromatic carbocycles. The Bertz CT molecular complexity index is 1220. The van der Waals surface area contributed by atoms with Crippen LogP contribution in [0.2, 0.25) is 0 Å². The molecule has 0 aliphatic heterocycles. The van der Waals surface area contributed by atoms with Crippen LogP contribution in [0.1, 0.15) is 30.5 Å².